The highest BCUT2D eigenvalue weighted by Gasteiger charge is 2.25. The maximum Gasteiger partial charge on any atom is 0.164 e. The van der Waals surface area contributed by atoms with Crippen LogP contribution in [-0.2, 0) is 5.41 Å². The first-order valence-electron chi connectivity index (χ1n) is 8.42. The lowest BCUT2D eigenvalue weighted by Crippen LogP contribution is -2.19. The average Bonchev–Trinajstić information content (AvgIpc) is 2.68. The van der Waals surface area contributed by atoms with E-state index in [4.69, 9.17) is 26.2 Å². The van der Waals surface area contributed by atoms with Crippen molar-refractivity contribution in [3.63, 3.8) is 0 Å². The highest BCUT2D eigenvalue weighted by molar-refractivity contribution is 9.11. The minimum Gasteiger partial charge on any atom is -0.512 e. The molecule has 2 N–H and O–H groups in total. The van der Waals surface area contributed by atoms with Crippen LogP contribution in [-0.4, -0.2) is 23.4 Å². The number of halogens is 3. The predicted molar refractivity (Wildman–Crippen MR) is 120 cm³/mol. The number of aliphatic hydroxyl groups excluding tert-OH is 2. The van der Waals surface area contributed by atoms with Crippen molar-refractivity contribution in [2.75, 3.05) is 13.2 Å². The van der Waals surface area contributed by atoms with E-state index >= 15 is 0 Å². The van der Waals surface area contributed by atoms with E-state index in [-0.39, 0.29) is 17.8 Å². The van der Waals surface area contributed by atoms with Crippen LogP contribution >= 0.6 is 43.5 Å². The van der Waals surface area contributed by atoms with Gasteiger partial charge in [-0.15, -0.1) is 0 Å². The van der Waals surface area contributed by atoms with E-state index in [0.717, 1.165) is 25.8 Å². The van der Waals surface area contributed by atoms with Crippen molar-refractivity contribution in [1.82, 2.24) is 0 Å². The van der Waals surface area contributed by atoms with Crippen molar-refractivity contribution in [2.24, 2.45) is 0 Å². The van der Waals surface area contributed by atoms with Gasteiger partial charge in [0.1, 0.15) is 31.0 Å². The van der Waals surface area contributed by atoms with Crippen LogP contribution in [0, 0.1) is 0 Å². The van der Waals surface area contributed by atoms with E-state index < -0.39 is 0 Å². The van der Waals surface area contributed by atoms with Crippen molar-refractivity contribution < 1.29 is 19.7 Å². The number of rotatable bonds is 8. The Morgan fingerprint density at radius 2 is 1.68 bits per heavy atom. The lowest BCUT2D eigenvalue weighted by molar-refractivity contribution is 0.255. The molecule has 0 fully saturated rings. The Morgan fingerprint density at radius 3 is 2.21 bits per heavy atom. The monoisotopic (exact) mass is 530 g/mol. The molecule has 2 aromatic carbocycles. The van der Waals surface area contributed by atoms with Gasteiger partial charge in [0.25, 0.3) is 0 Å². The molecule has 28 heavy (non-hydrogen) atoms. The fourth-order valence-corrected chi connectivity index (χ4v) is 4.04. The maximum atomic E-state index is 9.25. The zero-order chi connectivity index (χ0) is 20.7. The molecule has 0 saturated heterocycles. The Labute approximate surface area is 186 Å². The first-order chi connectivity index (χ1) is 13.3. The molecule has 0 amide bonds. The molecule has 2 aromatic rings. The fraction of sp³-hybridized carbons (Fsp3) is 0.238. The summed E-state index contributed by atoms with van der Waals surface area (Å²) >= 11 is 12.7. The zero-order valence-corrected chi connectivity index (χ0v) is 19.4. The normalized spacial score (nSPS) is 12.4. The van der Waals surface area contributed by atoms with Crippen LogP contribution in [0.15, 0.2) is 69.0 Å². The van der Waals surface area contributed by atoms with Crippen LogP contribution in [0.25, 0.3) is 0 Å². The summed E-state index contributed by atoms with van der Waals surface area (Å²) < 4.78 is 12.8. The molecule has 0 aromatic heterocycles. The molecule has 2 rings (SSSR count). The molecule has 0 aliphatic heterocycles. The van der Waals surface area contributed by atoms with Gasteiger partial charge in [-0.2, -0.15) is 0 Å². The Hall–Kier alpha value is -1.63. The molecular weight excluding hydrogens is 511 g/mol. The topological polar surface area (TPSA) is 58.9 Å². The second-order valence-electron chi connectivity index (χ2n) is 6.50. The SMILES string of the molecule is CC(C)(c1ccc(OC/C(O)=C/O)cc1)c1cc(Br)c(OC/C=C/Cl)c(Br)c1. The largest absolute Gasteiger partial charge is 0.512 e. The van der Waals surface area contributed by atoms with Crippen LogP contribution in [0.5, 0.6) is 11.5 Å². The van der Waals surface area contributed by atoms with E-state index in [1.165, 1.54) is 5.54 Å². The van der Waals surface area contributed by atoms with Crippen LogP contribution in [0.4, 0.5) is 0 Å². The van der Waals surface area contributed by atoms with Crippen molar-refractivity contribution in [3.05, 3.63) is 80.1 Å². The Balaban J connectivity index is 2.23. The number of benzene rings is 2. The van der Waals surface area contributed by atoms with Gasteiger partial charge in [0.05, 0.1) is 8.95 Å². The summed E-state index contributed by atoms with van der Waals surface area (Å²) in [5.41, 5.74) is 3.35. The zero-order valence-electron chi connectivity index (χ0n) is 15.5. The van der Waals surface area contributed by atoms with Gasteiger partial charge in [-0.3, -0.25) is 0 Å². The van der Waals surface area contributed by atoms with Gasteiger partial charge in [0, 0.05) is 11.0 Å². The summed E-state index contributed by atoms with van der Waals surface area (Å²) in [5.74, 6) is 1.09. The quantitative estimate of drug-likeness (QED) is 0.359. The van der Waals surface area contributed by atoms with Crippen LogP contribution in [0.1, 0.15) is 25.0 Å². The lowest BCUT2D eigenvalue weighted by Gasteiger charge is -2.27. The number of aliphatic hydroxyl groups is 2. The first-order valence-corrected chi connectivity index (χ1v) is 10.4. The van der Waals surface area contributed by atoms with E-state index in [1.54, 1.807) is 6.08 Å². The highest BCUT2D eigenvalue weighted by Crippen LogP contribution is 2.41. The van der Waals surface area contributed by atoms with Crippen LogP contribution in [0.2, 0.25) is 0 Å². The summed E-state index contributed by atoms with van der Waals surface area (Å²) in [7, 11) is 0. The summed E-state index contributed by atoms with van der Waals surface area (Å²) in [6, 6.07) is 11.7. The average molecular weight is 533 g/mol. The molecule has 4 nitrogen and oxygen atoms in total. The molecule has 150 valence electrons. The summed E-state index contributed by atoms with van der Waals surface area (Å²) in [6.07, 6.45) is 2.34. The lowest BCUT2D eigenvalue weighted by atomic mass is 9.78. The molecule has 0 saturated carbocycles. The minimum atomic E-state index is -0.273. The van der Waals surface area contributed by atoms with Crippen molar-refractivity contribution in [1.29, 1.82) is 0 Å². The highest BCUT2D eigenvalue weighted by atomic mass is 79.9. The Morgan fingerprint density at radius 1 is 1.07 bits per heavy atom. The number of hydrogen-bond acceptors (Lipinski definition) is 4. The molecule has 0 bridgehead atoms. The third-order valence-electron chi connectivity index (χ3n) is 4.24. The summed E-state index contributed by atoms with van der Waals surface area (Å²) in [6.45, 7) is 4.56. The van der Waals surface area contributed by atoms with E-state index in [1.807, 2.05) is 36.4 Å². The van der Waals surface area contributed by atoms with Gasteiger partial charge in [0.15, 0.2) is 5.76 Å². The molecular formula is C21H21Br2ClO4. The van der Waals surface area contributed by atoms with E-state index in [2.05, 4.69) is 45.7 Å². The van der Waals surface area contributed by atoms with Gasteiger partial charge < -0.3 is 19.7 Å². The summed E-state index contributed by atoms with van der Waals surface area (Å²) in [4.78, 5) is 0. The van der Waals surface area contributed by atoms with Gasteiger partial charge in [-0.1, -0.05) is 37.6 Å². The fourth-order valence-electron chi connectivity index (χ4n) is 2.56. The number of ether oxygens (including phenoxy) is 2. The minimum absolute atomic E-state index is 0.0838. The third-order valence-corrected chi connectivity index (χ3v) is 5.60. The molecule has 0 aliphatic carbocycles. The maximum absolute atomic E-state index is 9.25. The number of hydrogen-bond donors (Lipinski definition) is 2. The smallest absolute Gasteiger partial charge is 0.164 e. The molecule has 0 radical (unpaired) electrons. The van der Waals surface area contributed by atoms with Crippen molar-refractivity contribution in [3.8, 4) is 11.5 Å². The Bertz CT molecular complexity index is 838. The van der Waals surface area contributed by atoms with E-state index in [0.29, 0.717) is 18.6 Å². The third kappa shape index (κ3) is 5.69. The van der Waals surface area contributed by atoms with Crippen LogP contribution < -0.4 is 9.47 Å². The van der Waals surface area contributed by atoms with E-state index in [9.17, 15) is 5.11 Å². The summed E-state index contributed by atoms with van der Waals surface area (Å²) in [5, 5.41) is 17.9. The second-order valence-corrected chi connectivity index (χ2v) is 8.46. The standard InChI is InChI=1S/C21H21Br2ClO4/c1-21(2,14-4-6-17(7-5-14)28-13-16(26)12-25)15-10-18(22)20(19(23)11-15)27-9-3-8-24/h3-8,10-12,25-26H,9,13H2,1-2H3/b8-3+,16-12-. The molecule has 0 unspecified atom stereocenters. The van der Waals surface area contributed by atoms with Crippen LogP contribution in [0.3, 0.4) is 0 Å². The molecule has 0 atom stereocenters. The van der Waals surface area contributed by atoms with Gasteiger partial charge in [0.2, 0.25) is 0 Å². The Kier molecular flexibility index (Phi) is 8.28. The van der Waals surface area contributed by atoms with Gasteiger partial charge in [-0.25, -0.2) is 0 Å². The molecule has 7 heteroatoms. The van der Waals surface area contributed by atoms with Gasteiger partial charge >= 0.3 is 0 Å². The molecule has 0 aliphatic rings. The molecule has 0 heterocycles. The van der Waals surface area contributed by atoms with Crippen molar-refractivity contribution >= 4 is 43.5 Å². The molecule has 0 spiro atoms. The second kappa shape index (κ2) is 10.2. The van der Waals surface area contributed by atoms with Crippen molar-refractivity contribution in [2.45, 2.75) is 19.3 Å². The predicted octanol–water partition coefficient (Wildman–Crippen LogP) is 7.01. The van der Waals surface area contributed by atoms with Gasteiger partial charge in [-0.05, 0) is 73.3 Å². The first kappa shape index (κ1) is 22.7.